The first-order valence-electron chi connectivity index (χ1n) is 7.10. The average molecular weight is 502 g/mol. The van der Waals surface area contributed by atoms with E-state index in [0.717, 1.165) is 6.07 Å². The van der Waals surface area contributed by atoms with Crippen molar-refractivity contribution in [1.82, 2.24) is 0 Å². The third-order valence-electron chi connectivity index (χ3n) is 3.06. The van der Waals surface area contributed by atoms with Gasteiger partial charge in [0.2, 0.25) is 0 Å². The molecule has 0 heterocycles. The van der Waals surface area contributed by atoms with Crippen LogP contribution in [0, 0.1) is 0 Å². The van der Waals surface area contributed by atoms with E-state index in [4.69, 9.17) is 17.3 Å². The summed E-state index contributed by atoms with van der Waals surface area (Å²) >= 11 is 5.76. The molecule has 2 aromatic carbocycles. The van der Waals surface area contributed by atoms with Crippen LogP contribution in [-0.2, 0) is 0 Å². The molecule has 0 saturated carbocycles. The first-order valence-corrected chi connectivity index (χ1v) is 7.47. The molecule has 0 aromatic heterocycles. The molecule has 0 radical (unpaired) electrons. The maximum atomic E-state index is 12.4. The minimum Gasteiger partial charge on any atom is -0.404 e. The maximum absolute atomic E-state index is 12.4. The summed E-state index contributed by atoms with van der Waals surface area (Å²) in [6.07, 6.45) is -5.76. The number of aliphatic imine (C=N–C) groups is 1. The number of anilines is 1. The van der Waals surface area contributed by atoms with Crippen molar-refractivity contribution in [2.75, 3.05) is 11.9 Å². The van der Waals surface area contributed by atoms with Crippen molar-refractivity contribution < 1.29 is 23.0 Å². The molecule has 4 N–H and O–H groups in total. The van der Waals surface area contributed by atoms with Crippen LogP contribution >= 0.6 is 35.6 Å². The molecule has 142 valence electrons. The lowest BCUT2D eigenvalue weighted by Crippen LogP contribution is -2.25. The second-order valence-corrected chi connectivity index (χ2v) is 5.40. The van der Waals surface area contributed by atoms with E-state index < -0.39 is 18.2 Å². The Morgan fingerprint density at radius 3 is 2.42 bits per heavy atom. The predicted molar refractivity (Wildman–Crippen MR) is 105 cm³/mol. The summed E-state index contributed by atoms with van der Waals surface area (Å²) in [5.41, 5.74) is 6.25. The Morgan fingerprint density at radius 1 is 1.19 bits per heavy atom. The number of benzene rings is 2. The highest BCUT2D eigenvalue weighted by atomic mass is 127. The van der Waals surface area contributed by atoms with E-state index in [9.17, 15) is 18.3 Å². The lowest BCUT2D eigenvalue weighted by Gasteiger charge is -2.14. The number of guanidine groups is 1. The molecule has 0 fully saturated rings. The number of alkyl halides is 3. The Hall–Kier alpha value is -1.72. The molecule has 26 heavy (non-hydrogen) atoms. The quantitative estimate of drug-likeness (QED) is 0.324. The molecule has 2 rings (SSSR count). The van der Waals surface area contributed by atoms with Crippen LogP contribution in [0.4, 0.5) is 18.9 Å². The van der Waals surface area contributed by atoms with Crippen LogP contribution in [0.5, 0.6) is 5.75 Å². The number of aliphatic hydroxyl groups excluding tert-OH is 1. The van der Waals surface area contributed by atoms with Gasteiger partial charge in [-0.1, -0.05) is 35.9 Å². The molecule has 5 nitrogen and oxygen atoms in total. The van der Waals surface area contributed by atoms with Crippen molar-refractivity contribution in [3.05, 3.63) is 59.1 Å². The highest BCUT2D eigenvalue weighted by molar-refractivity contribution is 14.0. The molecule has 0 aliphatic rings. The maximum Gasteiger partial charge on any atom is 0.573 e. The molecule has 0 saturated heterocycles. The van der Waals surface area contributed by atoms with E-state index >= 15 is 0 Å². The van der Waals surface area contributed by atoms with Crippen molar-refractivity contribution in [3.8, 4) is 5.75 Å². The fourth-order valence-electron chi connectivity index (χ4n) is 1.94. The summed E-state index contributed by atoms with van der Waals surface area (Å²) in [5.74, 6) is -0.599. The molecule has 1 unspecified atom stereocenters. The highest BCUT2D eigenvalue weighted by Gasteiger charge is 2.32. The minimum atomic E-state index is -4.82. The SMILES string of the molecule is I.NC(=NCC(O)c1ccc(Cl)cc1)Nc1ccccc1OC(F)(F)F. The first kappa shape index (κ1) is 22.3. The number of hydrogen-bond acceptors (Lipinski definition) is 3. The van der Waals surface area contributed by atoms with Crippen molar-refractivity contribution in [3.63, 3.8) is 0 Å². The second-order valence-electron chi connectivity index (χ2n) is 4.96. The zero-order chi connectivity index (χ0) is 18.4. The number of hydrogen-bond donors (Lipinski definition) is 3. The number of nitrogens with one attached hydrogen (secondary N) is 1. The van der Waals surface area contributed by atoms with E-state index in [1.54, 1.807) is 24.3 Å². The van der Waals surface area contributed by atoms with Crippen LogP contribution in [0.1, 0.15) is 11.7 Å². The van der Waals surface area contributed by atoms with Crippen LogP contribution in [-0.4, -0.2) is 24.0 Å². The summed E-state index contributed by atoms with van der Waals surface area (Å²) in [5, 5.41) is 13.1. The molecular formula is C16H16ClF3IN3O2. The van der Waals surface area contributed by atoms with Gasteiger partial charge in [-0.3, -0.25) is 4.99 Å². The van der Waals surface area contributed by atoms with Gasteiger partial charge in [-0.05, 0) is 29.8 Å². The normalized spacial score (nSPS) is 12.9. The fraction of sp³-hybridized carbons (Fsp3) is 0.188. The zero-order valence-electron chi connectivity index (χ0n) is 13.2. The Kier molecular flexibility index (Phi) is 8.44. The van der Waals surface area contributed by atoms with Gasteiger partial charge in [0.15, 0.2) is 11.7 Å². The summed E-state index contributed by atoms with van der Waals surface area (Å²) in [6.45, 7) is -0.0806. The van der Waals surface area contributed by atoms with Gasteiger partial charge in [0, 0.05) is 5.02 Å². The van der Waals surface area contributed by atoms with Crippen molar-refractivity contribution >= 4 is 47.2 Å². The van der Waals surface area contributed by atoms with Gasteiger partial charge in [-0.25, -0.2) is 0 Å². The van der Waals surface area contributed by atoms with E-state index in [1.807, 2.05) is 0 Å². The molecule has 2 aromatic rings. The highest BCUT2D eigenvalue weighted by Crippen LogP contribution is 2.29. The largest absolute Gasteiger partial charge is 0.573 e. The molecule has 0 bridgehead atoms. The molecule has 0 spiro atoms. The van der Waals surface area contributed by atoms with Crippen molar-refractivity contribution in [1.29, 1.82) is 0 Å². The molecule has 0 aliphatic heterocycles. The topological polar surface area (TPSA) is 79.9 Å². The Balaban J connectivity index is 0.00000338. The molecule has 10 heteroatoms. The number of ether oxygens (including phenoxy) is 1. The van der Waals surface area contributed by atoms with Crippen LogP contribution < -0.4 is 15.8 Å². The van der Waals surface area contributed by atoms with Crippen molar-refractivity contribution in [2.24, 2.45) is 10.7 Å². The zero-order valence-corrected chi connectivity index (χ0v) is 16.3. The summed E-state index contributed by atoms with van der Waals surface area (Å²) in [4.78, 5) is 3.92. The Morgan fingerprint density at radius 2 is 1.81 bits per heavy atom. The number of rotatable bonds is 5. The predicted octanol–water partition coefficient (Wildman–Crippen LogP) is 4.32. The monoisotopic (exact) mass is 501 g/mol. The van der Waals surface area contributed by atoms with Gasteiger partial charge in [0.05, 0.1) is 18.3 Å². The Labute approximate surface area is 170 Å². The van der Waals surface area contributed by atoms with E-state index in [1.165, 1.54) is 18.2 Å². The fourth-order valence-corrected chi connectivity index (χ4v) is 2.06. The molecular weight excluding hydrogens is 486 g/mol. The van der Waals surface area contributed by atoms with Gasteiger partial charge in [0.1, 0.15) is 0 Å². The number of aliphatic hydroxyl groups is 1. The van der Waals surface area contributed by atoms with Crippen LogP contribution in [0.15, 0.2) is 53.5 Å². The average Bonchev–Trinajstić information content (AvgIpc) is 2.54. The second kappa shape index (κ2) is 9.83. The number of para-hydroxylation sites is 2. The van der Waals surface area contributed by atoms with E-state index in [0.29, 0.717) is 10.6 Å². The standard InChI is InChI=1S/C16H15ClF3N3O2.HI/c17-11-7-5-10(6-8-11)13(24)9-22-15(21)23-12-3-1-2-4-14(12)25-16(18,19)20;/h1-8,13,24H,9H2,(H3,21,22,23);1H. The van der Waals surface area contributed by atoms with Crippen LogP contribution in [0.2, 0.25) is 5.02 Å². The number of halogens is 5. The molecule has 1 atom stereocenters. The lowest BCUT2D eigenvalue weighted by molar-refractivity contribution is -0.274. The van der Waals surface area contributed by atoms with E-state index in [2.05, 4.69) is 15.0 Å². The minimum absolute atomic E-state index is 0. The van der Waals surface area contributed by atoms with Gasteiger partial charge in [0.25, 0.3) is 0 Å². The van der Waals surface area contributed by atoms with Gasteiger partial charge < -0.3 is 20.9 Å². The Bertz CT molecular complexity index is 742. The van der Waals surface area contributed by atoms with E-state index in [-0.39, 0.29) is 42.2 Å². The number of nitrogens with zero attached hydrogens (tertiary/aromatic N) is 1. The smallest absolute Gasteiger partial charge is 0.404 e. The summed E-state index contributed by atoms with van der Waals surface area (Å²) in [6, 6.07) is 11.9. The molecule has 0 aliphatic carbocycles. The van der Waals surface area contributed by atoms with Crippen LogP contribution in [0.3, 0.4) is 0 Å². The van der Waals surface area contributed by atoms with Crippen molar-refractivity contribution in [2.45, 2.75) is 12.5 Å². The van der Waals surface area contributed by atoms with Gasteiger partial charge in [-0.2, -0.15) is 0 Å². The summed E-state index contributed by atoms with van der Waals surface area (Å²) in [7, 11) is 0. The lowest BCUT2D eigenvalue weighted by atomic mass is 10.1. The van der Waals surface area contributed by atoms with Gasteiger partial charge >= 0.3 is 6.36 Å². The third-order valence-corrected chi connectivity index (χ3v) is 3.32. The molecule has 0 amide bonds. The third kappa shape index (κ3) is 7.26. The van der Waals surface area contributed by atoms with Gasteiger partial charge in [-0.15, -0.1) is 37.1 Å². The summed E-state index contributed by atoms with van der Waals surface area (Å²) < 4.78 is 41.0. The van der Waals surface area contributed by atoms with Crippen LogP contribution in [0.25, 0.3) is 0 Å². The first-order chi connectivity index (χ1) is 11.7. The number of nitrogens with two attached hydrogens (primary N) is 1.